The molecule has 1 aliphatic heterocycles. The van der Waals surface area contributed by atoms with Crippen LogP contribution in [-0.4, -0.2) is 40.4 Å². The molecule has 1 aliphatic carbocycles. The largest absolute Gasteiger partial charge is 0.489 e. The maximum absolute atomic E-state index is 14.3. The van der Waals surface area contributed by atoms with Crippen molar-refractivity contribution in [2.24, 2.45) is 5.92 Å². The highest BCUT2D eigenvalue weighted by Crippen LogP contribution is 2.36. The first-order valence-corrected chi connectivity index (χ1v) is 18.5. The Hall–Kier alpha value is -4.69. The van der Waals surface area contributed by atoms with E-state index >= 15 is 0 Å². The Balaban J connectivity index is 1.22. The van der Waals surface area contributed by atoms with Gasteiger partial charge < -0.3 is 20.1 Å². The third-order valence-corrected chi connectivity index (χ3v) is 10.6. The van der Waals surface area contributed by atoms with Crippen LogP contribution in [0.5, 0.6) is 5.75 Å². The molecule has 1 saturated carbocycles. The predicted octanol–water partition coefficient (Wildman–Crippen LogP) is 8.84. The molecule has 1 unspecified atom stereocenters. The van der Waals surface area contributed by atoms with Crippen LogP contribution in [0.2, 0.25) is 5.02 Å². The molecule has 0 spiro atoms. The Labute approximate surface area is 310 Å². The first-order chi connectivity index (χ1) is 24.9. The number of ether oxygens (including phenoxy) is 1. The van der Waals surface area contributed by atoms with Crippen LogP contribution in [-0.2, 0) is 39.2 Å². The summed E-state index contributed by atoms with van der Waals surface area (Å²) < 4.78 is 19.9. The van der Waals surface area contributed by atoms with E-state index in [2.05, 4.69) is 50.4 Å². The smallest absolute Gasteiger partial charge is 0.326 e. The lowest BCUT2D eigenvalue weighted by Gasteiger charge is -2.37. The Morgan fingerprint density at radius 3 is 2.25 bits per heavy atom. The van der Waals surface area contributed by atoms with Crippen molar-refractivity contribution in [2.75, 3.05) is 6.54 Å². The highest BCUT2D eigenvalue weighted by molar-refractivity contribution is 6.31. The Bertz CT molecular complexity index is 1920. The number of aliphatic carboxylic acids is 1. The summed E-state index contributed by atoms with van der Waals surface area (Å²) in [5, 5.41) is 13.0. The molecule has 4 aromatic rings. The number of amides is 2. The van der Waals surface area contributed by atoms with Crippen molar-refractivity contribution < 1.29 is 28.6 Å². The molecular formula is C43H46ClFN2O5. The van der Waals surface area contributed by atoms with Crippen molar-refractivity contribution in [3.63, 3.8) is 0 Å². The van der Waals surface area contributed by atoms with Crippen molar-refractivity contribution in [1.82, 2.24) is 10.2 Å². The number of carboxylic acids is 1. The van der Waals surface area contributed by atoms with Gasteiger partial charge in [0, 0.05) is 19.4 Å². The van der Waals surface area contributed by atoms with Gasteiger partial charge in [0.2, 0.25) is 11.8 Å². The number of rotatable bonds is 11. The van der Waals surface area contributed by atoms with E-state index in [1.54, 1.807) is 35.2 Å². The van der Waals surface area contributed by atoms with Gasteiger partial charge in [-0.1, -0.05) is 106 Å². The Kier molecular flexibility index (Phi) is 11.3. The van der Waals surface area contributed by atoms with E-state index in [1.165, 1.54) is 17.7 Å². The van der Waals surface area contributed by atoms with Gasteiger partial charge in [-0.15, -0.1) is 0 Å². The normalized spacial score (nSPS) is 16.6. The van der Waals surface area contributed by atoms with Crippen molar-refractivity contribution in [3.8, 4) is 16.9 Å². The summed E-state index contributed by atoms with van der Waals surface area (Å²) in [7, 11) is 0. The van der Waals surface area contributed by atoms with Gasteiger partial charge in [0.15, 0.2) is 0 Å². The van der Waals surface area contributed by atoms with Gasteiger partial charge >= 0.3 is 5.97 Å². The van der Waals surface area contributed by atoms with Crippen LogP contribution >= 0.6 is 11.6 Å². The summed E-state index contributed by atoms with van der Waals surface area (Å²) in [6.07, 6.45) is 5.17. The zero-order valence-electron chi connectivity index (χ0n) is 30.0. The zero-order valence-corrected chi connectivity index (χ0v) is 30.7. The summed E-state index contributed by atoms with van der Waals surface area (Å²) in [4.78, 5) is 42.3. The molecule has 0 saturated heterocycles. The molecule has 6 rings (SSSR count). The molecule has 4 aromatic carbocycles. The number of benzene rings is 4. The highest BCUT2D eigenvalue weighted by Gasteiger charge is 2.38. The first kappa shape index (κ1) is 37.1. The van der Waals surface area contributed by atoms with Crippen LogP contribution in [0.4, 0.5) is 4.39 Å². The number of nitrogens with zero attached hydrogens (tertiary/aromatic N) is 1. The van der Waals surface area contributed by atoms with E-state index in [4.69, 9.17) is 16.3 Å². The molecule has 0 aromatic heterocycles. The third-order valence-electron chi connectivity index (χ3n) is 10.3. The molecule has 2 atom stereocenters. The van der Waals surface area contributed by atoms with Gasteiger partial charge in [0.1, 0.15) is 30.3 Å². The number of hydrogen-bond acceptors (Lipinski definition) is 4. The average molecular weight is 725 g/mol. The van der Waals surface area contributed by atoms with Crippen molar-refractivity contribution in [2.45, 2.75) is 89.8 Å². The van der Waals surface area contributed by atoms with E-state index in [0.717, 1.165) is 47.9 Å². The fraction of sp³-hybridized carbons (Fsp3) is 0.372. The molecule has 2 amide bonds. The second-order valence-corrected chi connectivity index (χ2v) is 15.5. The van der Waals surface area contributed by atoms with Crippen LogP contribution in [0.3, 0.4) is 0 Å². The summed E-state index contributed by atoms with van der Waals surface area (Å²) in [5.41, 5.74) is 6.05. The maximum atomic E-state index is 14.3. The molecule has 272 valence electrons. The number of fused-ring (bicyclic) bond motifs is 1. The first-order valence-electron chi connectivity index (χ1n) is 18.1. The van der Waals surface area contributed by atoms with Crippen molar-refractivity contribution in [3.05, 3.63) is 124 Å². The summed E-state index contributed by atoms with van der Waals surface area (Å²) in [6.45, 7) is 7.21. The maximum Gasteiger partial charge on any atom is 0.326 e. The minimum atomic E-state index is -1.24. The predicted molar refractivity (Wildman–Crippen MR) is 201 cm³/mol. The van der Waals surface area contributed by atoms with E-state index in [0.29, 0.717) is 42.9 Å². The molecule has 52 heavy (non-hydrogen) atoms. The van der Waals surface area contributed by atoms with Crippen LogP contribution in [0.25, 0.3) is 11.1 Å². The summed E-state index contributed by atoms with van der Waals surface area (Å²) in [6, 6.07) is 23.4. The van der Waals surface area contributed by atoms with Crippen LogP contribution < -0.4 is 10.1 Å². The van der Waals surface area contributed by atoms with Gasteiger partial charge in [-0.2, -0.15) is 0 Å². The topological polar surface area (TPSA) is 95.9 Å². The van der Waals surface area contributed by atoms with Gasteiger partial charge in [0.25, 0.3) is 0 Å². The highest BCUT2D eigenvalue weighted by atomic mass is 35.5. The molecule has 9 heteroatoms. The quantitative estimate of drug-likeness (QED) is 0.161. The average Bonchev–Trinajstić information content (AvgIpc) is 3.64. The van der Waals surface area contributed by atoms with Crippen molar-refractivity contribution >= 4 is 29.4 Å². The molecule has 1 fully saturated rings. The molecular weight excluding hydrogens is 679 g/mol. The van der Waals surface area contributed by atoms with E-state index in [-0.39, 0.29) is 28.7 Å². The monoisotopic (exact) mass is 724 g/mol. The Morgan fingerprint density at radius 1 is 0.923 bits per heavy atom. The van der Waals surface area contributed by atoms with Gasteiger partial charge in [-0.05, 0) is 93.8 Å². The molecule has 0 bridgehead atoms. The lowest BCUT2D eigenvalue weighted by atomic mass is 9.87. The molecule has 2 aliphatic rings. The fourth-order valence-corrected chi connectivity index (χ4v) is 7.46. The SMILES string of the molecule is CC(C)(C)c1ccc(COc2ccc3c(c2)C(C(=O)N[C@@H](Cc2ccc(-c4ccc(F)c(Cl)c4)cc2)C(=O)O)N(C(=O)CC2CCCC2)CC3)cc1. The standard InChI is InChI=1S/C43H46ClFN2O5/c1-43(2,3)33-16-10-29(11-17-33)26-52-34-18-14-31-20-21-47(39(48)23-27-6-4-5-7-27)40(35(31)25-34)41(49)46-38(42(50)51)22-28-8-12-30(13-9-28)32-15-19-37(45)36(44)24-32/h8-19,24-25,27,38,40H,4-7,20-23,26H2,1-3H3,(H,46,49)(H,50,51)/t38-,40?/m0/s1. The van der Waals surface area contributed by atoms with Gasteiger partial charge in [0.05, 0.1) is 5.02 Å². The number of hydrogen-bond donors (Lipinski definition) is 2. The number of halogens is 2. The lowest BCUT2D eigenvalue weighted by molar-refractivity contribution is -0.145. The van der Waals surface area contributed by atoms with E-state index in [1.807, 2.05) is 18.2 Å². The number of carboxylic acid groups (broad SMARTS) is 1. The molecule has 1 heterocycles. The lowest BCUT2D eigenvalue weighted by Crippen LogP contribution is -2.51. The third kappa shape index (κ3) is 8.84. The minimum Gasteiger partial charge on any atom is -0.489 e. The zero-order chi connectivity index (χ0) is 37.0. The molecule has 7 nitrogen and oxygen atoms in total. The van der Waals surface area contributed by atoms with E-state index in [9.17, 15) is 23.9 Å². The number of carbonyl (C=O) groups is 3. The second-order valence-electron chi connectivity index (χ2n) is 15.1. The van der Waals surface area contributed by atoms with Crippen LogP contribution in [0, 0.1) is 11.7 Å². The van der Waals surface area contributed by atoms with Gasteiger partial charge in [-0.25, -0.2) is 9.18 Å². The summed E-state index contributed by atoms with van der Waals surface area (Å²) >= 11 is 5.97. The molecule has 2 N–H and O–H groups in total. The van der Waals surface area contributed by atoms with Crippen LogP contribution in [0.1, 0.15) is 86.7 Å². The van der Waals surface area contributed by atoms with Gasteiger partial charge in [-0.3, -0.25) is 9.59 Å². The van der Waals surface area contributed by atoms with Crippen molar-refractivity contribution in [1.29, 1.82) is 0 Å². The minimum absolute atomic E-state index is 0.0138. The van der Waals surface area contributed by atoms with Crippen LogP contribution in [0.15, 0.2) is 84.9 Å². The van der Waals surface area contributed by atoms with E-state index < -0.39 is 29.8 Å². The second kappa shape index (κ2) is 15.9. The molecule has 0 radical (unpaired) electrons. The number of carbonyl (C=O) groups excluding carboxylic acids is 2. The number of nitrogens with one attached hydrogen (secondary N) is 1. The Morgan fingerprint density at radius 2 is 1.60 bits per heavy atom. The summed E-state index contributed by atoms with van der Waals surface area (Å²) in [5.74, 6) is -1.47. The fourth-order valence-electron chi connectivity index (χ4n) is 7.28.